The Morgan fingerprint density at radius 3 is 2.74 bits per heavy atom. The van der Waals surface area contributed by atoms with Gasteiger partial charge in [0.1, 0.15) is 16.5 Å². The average Bonchev–Trinajstić information content (AvgIpc) is 2.89. The molecule has 0 aromatic carbocycles. The van der Waals surface area contributed by atoms with Crippen LogP contribution in [0.3, 0.4) is 0 Å². The van der Waals surface area contributed by atoms with E-state index >= 15 is 0 Å². The summed E-state index contributed by atoms with van der Waals surface area (Å²) in [5.41, 5.74) is 0. The van der Waals surface area contributed by atoms with Gasteiger partial charge in [0, 0.05) is 24.8 Å². The highest BCUT2D eigenvalue weighted by atomic mass is 32.2. The number of aromatic amines is 1. The average molecular weight is 280 g/mol. The van der Waals surface area contributed by atoms with Crippen LogP contribution >= 0.6 is 0 Å². The first-order chi connectivity index (χ1) is 9.02. The number of hydrogen-bond acceptors (Lipinski definition) is 5. The lowest BCUT2D eigenvalue weighted by atomic mass is 10.2. The van der Waals surface area contributed by atoms with E-state index < -0.39 is 9.84 Å². The summed E-state index contributed by atoms with van der Waals surface area (Å²) in [4.78, 5) is 11.5. The van der Waals surface area contributed by atoms with Gasteiger partial charge in [-0.1, -0.05) is 6.92 Å². The van der Waals surface area contributed by atoms with Crippen molar-refractivity contribution < 1.29 is 8.42 Å². The first kappa shape index (κ1) is 13.5. The minimum absolute atomic E-state index is 0.106. The molecule has 2 rings (SSSR count). The molecule has 0 saturated carbocycles. The van der Waals surface area contributed by atoms with Crippen LogP contribution in [0.4, 0.5) is 5.82 Å². The number of nitrogens with one attached hydrogen (secondary N) is 2. The molecule has 0 aliphatic carbocycles. The van der Waals surface area contributed by atoms with Gasteiger partial charge in [-0.2, -0.15) is 0 Å². The van der Waals surface area contributed by atoms with Crippen LogP contribution in [0.25, 0.3) is 0 Å². The molecule has 0 saturated heterocycles. The summed E-state index contributed by atoms with van der Waals surface area (Å²) in [5.74, 6) is 1.11. The Morgan fingerprint density at radius 1 is 1.37 bits per heavy atom. The van der Waals surface area contributed by atoms with Crippen LogP contribution in [0.1, 0.15) is 25.2 Å². The lowest BCUT2D eigenvalue weighted by Crippen LogP contribution is -2.15. The van der Waals surface area contributed by atoms with E-state index in [2.05, 4.69) is 20.3 Å². The standard InChI is InChI=1S/C12H16N4O2S/c1-3-9(11-14-7-8-15-11)16-12-10(19(2,17)18)5-4-6-13-12/h4-9H,3H2,1-2H3,(H,13,16)(H,14,15). The van der Waals surface area contributed by atoms with E-state index in [1.807, 2.05) is 6.92 Å². The number of pyridine rings is 1. The number of rotatable bonds is 5. The fourth-order valence-electron chi connectivity index (χ4n) is 1.80. The zero-order chi connectivity index (χ0) is 13.9. The smallest absolute Gasteiger partial charge is 0.179 e. The Bertz CT molecular complexity index is 638. The molecule has 2 aromatic rings. The minimum atomic E-state index is -3.31. The van der Waals surface area contributed by atoms with Gasteiger partial charge in [0.2, 0.25) is 0 Å². The molecule has 2 aromatic heterocycles. The van der Waals surface area contributed by atoms with Gasteiger partial charge in [0.25, 0.3) is 0 Å². The summed E-state index contributed by atoms with van der Waals surface area (Å²) in [5, 5.41) is 3.12. The van der Waals surface area contributed by atoms with E-state index in [1.54, 1.807) is 30.7 Å². The van der Waals surface area contributed by atoms with Crippen molar-refractivity contribution in [2.45, 2.75) is 24.3 Å². The van der Waals surface area contributed by atoms with E-state index in [4.69, 9.17) is 0 Å². The number of aromatic nitrogens is 3. The molecule has 0 bridgehead atoms. The van der Waals surface area contributed by atoms with E-state index in [-0.39, 0.29) is 10.9 Å². The van der Waals surface area contributed by atoms with Gasteiger partial charge >= 0.3 is 0 Å². The first-order valence-electron chi connectivity index (χ1n) is 5.93. The summed E-state index contributed by atoms with van der Waals surface area (Å²) in [6.07, 6.45) is 6.88. The Morgan fingerprint density at radius 2 is 2.16 bits per heavy atom. The molecule has 0 aliphatic rings. The van der Waals surface area contributed by atoms with Crippen molar-refractivity contribution in [2.24, 2.45) is 0 Å². The van der Waals surface area contributed by atoms with Gasteiger partial charge < -0.3 is 10.3 Å². The van der Waals surface area contributed by atoms with Gasteiger partial charge in [0.05, 0.1) is 6.04 Å². The first-order valence-corrected chi connectivity index (χ1v) is 7.82. The quantitative estimate of drug-likeness (QED) is 0.871. The van der Waals surface area contributed by atoms with Crippen molar-refractivity contribution in [1.82, 2.24) is 15.0 Å². The highest BCUT2D eigenvalue weighted by molar-refractivity contribution is 7.90. The molecular formula is C12H16N4O2S. The number of hydrogen-bond donors (Lipinski definition) is 2. The summed E-state index contributed by atoms with van der Waals surface area (Å²) >= 11 is 0. The molecular weight excluding hydrogens is 264 g/mol. The Labute approximate surface area is 112 Å². The normalized spacial score (nSPS) is 13.2. The van der Waals surface area contributed by atoms with Crippen molar-refractivity contribution in [2.75, 3.05) is 11.6 Å². The Hall–Kier alpha value is -1.89. The zero-order valence-electron chi connectivity index (χ0n) is 10.8. The molecule has 7 heteroatoms. The monoisotopic (exact) mass is 280 g/mol. The van der Waals surface area contributed by atoms with Crippen LogP contribution in [-0.4, -0.2) is 29.6 Å². The van der Waals surface area contributed by atoms with Crippen molar-refractivity contribution in [3.63, 3.8) is 0 Å². The fraction of sp³-hybridized carbons (Fsp3) is 0.333. The number of imidazole rings is 1. The summed E-state index contributed by atoms with van der Waals surface area (Å²) in [6.45, 7) is 1.99. The fourth-order valence-corrected chi connectivity index (χ4v) is 2.58. The van der Waals surface area contributed by atoms with Crippen molar-refractivity contribution in [3.05, 3.63) is 36.5 Å². The molecule has 2 heterocycles. The molecule has 2 N–H and O–H groups in total. The van der Waals surface area contributed by atoms with Gasteiger partial charge in [-0.15, -0.1) is 0 Å². The summed E-state index contributed by atoms with van der Waals surface area (Å²) in [6, 6.07) is 3.04. The van der Waals surface area contributed by atoms with Gasteiger partial charge in [-0.05, 0) is 18.6 Å². The number of anilines is 1. The van der Waals surface area contributed by atoms with E-state index in [0.717, 1.165) is 12.2 Å². The van der Waals surface area contributed by atoms with Crippen molar-refractivity contribution >= 4 is 15.7 Å². The van der Waals surface area contributed by atoms with Crippen LogP contribution in [-0.2, 0) is 9.84 Å². The van der Waals surface area contributed by atoms with Crippen LogP contribution in [0.2, 0.25) is 0 Å². The minimum Gasteiger partial charge on any atom is -0.359 e. The van der Waals surface area contributed by atoms with Crippen molar-refractivity contribution in [3.8, 4) is 0 Å². The molecule has 0 radical (unpaired) electrons. The van der Waals surface area contributed by atoms with Gasteiger partial charge in [0.15, 0.2) is 9.84 Å². The molecule has 0 aliphatic heterocycles. The maximum absolute atomic E-state index is 11.7. The van der Waals surface area contributed by atoms with Crippen LogP contribution in [0.5, 0.6) is 0 Å². The Kier molecular flexibility index (Phi) is 3.84. The SMILES string of the molecule is CCC(Nc1ncccc1S(C)(=O)=O)c1ncc[nH]1. The zero-order valence-corrected chi connectivity index (χ0v) is 11.6. The summed E-state index contributed by atoms with van der Waals surface area (Å²) in [7, 11) is -3.31. The van der Waals surface area contributed by atoms with E-state index in [9.17, 15) is 8.42 Å². The molecule has 1 atom stereocenters. The third-order valence-electron chi connectivity index (χ3n) is 2.74. The van der Waals surface area contributed by atoms with E-state index in [0.29, 0.717) is 5.82 Å². The largest absolute Gasteiger partial charge is 0.359 e. The lowest BCUT2D eigenvalue weighted by molar-refractivity contribution is 0.601. The third kappa shape index (κ3) is 3.11. The number of H-pyrrole nitrogens is 1. The highest BCUT2D eigenvalue weighted by Crippen LogP contribution is 2.23. The molecule has 19 heavy (non-hydrogen) atoms. The predicted molar refractivity (Wildman–Crippen MR) is 72.6 cm³/mol. The number of sulfone groups is 1. The van der Waals surface area contributed by atoms with Crippen LogP contribution in [0.15, 0.2) is 35.6 Å². The second kappa shape index (κ2) is 5.40. The van der Waals surface area contributed by atoms with Crippen molar-refractivity contribution in [1.29, 1.82) is 0 Å². The predicted octanol–water partition coefficient (Wildman–Crippen LogP) is 1.77. The molecule has 102 valence electrons. The Balaban J connectivity index is 2.33. The second-order valence-electron chi connectivity index (χ2n) is 4.20. The summed E-state index contributed by atoms with van der Waals surface area (Å²) < 4.78 is 23.4. The molecule has 0 fully saturated rings. The van der Waals surface area contributed by atoms with Crippen LogP contribution < -0.4 is 5.32 Å². The topological polar surface area (TPSA) is 87.7 Å². The molecule has 6 nitrogen and oxygen atoms in total. The van der Waals surface area contributed by atoms with E-state index in [1.165, 1.54) is 6.26 Å². The highest BCUT2D eigenvalue weighted by Gasteiger charge is 2.18. The van der Waals surface area contributed by atoms with Crippen LogP contribution in [0, 0.1) is 0 Å². The molecule has 0 amide bonds. The third-order valence-corrected chi connectivity index (χ3v) is 3.87. The maximum Gasteiger partial charge on any atom is 0.179 e. The lowest BCUT2D eigenvalue weighted by Gasteiger charge is -2.17. The maximum atomic E-state index is 11.7. The van der Waals surface area contributed by atoms with Gasteiger partial charge in [-0.25, -0.2) is 18.4 Å². The molecule has 0 spiro atoms. The number of nitrogens with zero attached hydrogens (tertiary/aromatic N) is 2. The molecule has 1 unspecified atom stereocenters. The van der Waals surface area contributed by atoms with Gasteiger partial charge in [-0.3, -0.25) is 0 Å². The second-order valence-corrected chi connectivity index (χ2v) is 6.19.